The minimum Gasteiger partial charge on any atom is -1.00 e. The second-order valence-corrected chi connectivity index (χ2v) is 19.1. The van der Waals surface area contributed by atoms with E-state index in [-0.39, 0.29) is 36.0 Å². The van der Waals surface area contributed by atoms with Gasteiger partial charge in [-0.3, -0.25) is 0 Å². The van der Waals surface area contributed by atoms with E-state index in [1.54, 1.807) is 11.1 Å². The Balaban J connectivity index is 0.00000323. The van der Waals surface area contributed by atoms with Crippen molar-refractivity contribution in [3.8, 4) is 0 Å². The largest absolute Gasteiger partial charge is 1.00 e. The van der Waals surface area contributed by atoms with Crippen LogP contribution in [-0.4, -0.2) is 24.4 Å². The number of unbranched alkanes of at least 4 members (excludes halogenated alkanes) is 6. The Labute approximate surface area is 290 Å². The molecular weight excluding hydrogens is 651 g/mol. The van der Waals surface area contributed by atoms with E-state index in [1.807, 2.05) is 22.3 Å². The minimum atomic E-state index is -0.594. The predicted octanol–water partition coefficient (Wildman–Crippen LogP) is 5.81. The fraction of sp³-hybridized carbons (Fsp3) is 0.789. The van der Waals surface area contributed by atoms with Crippen molar-refractivity contribution in [3.05, 3.63) is 45.6 Å². The van der Waals surface area contributed by atoms with Gasteiger partial charge >= 0.3 is 267 Å². The summed E-state index contributed by atoms with van der Waals surface area (Å²) >= 11 is -0.594. The molecular formula is C38H62Cl2O2Zr. The number of halogens is 2. The van der Waals surface area contributed by atoms with E-state index in [1.165, 1.54) is 116 Å². The van der Waals surface area contributed by atoms with Gasteiger partial charge in [0.2, 0.25) is 0 Å². The SMILES string of the molecule is CC(C)(C)OCCCCCCC1=C[CH]([Zr+2][CH]2C=C(CCCCCCOC(C)(C)C)C3=C2CCCC3)C2=C1CCCC2.[Cl-].[Cl-]. The monoisotopic (exact) mass is 710 g/mol. The van der Waals surface area contributed by atoms with Gasteiger partial charge in [-0.2, -0.15) is 0 Å². The topological polar surface area (TPSA) is 18.5 Å². The molecule has 0 saturated carbocycles. The van der Waals surface area contributed by atoms with Gasteiger partial charge in [0, 0.05) is 0 Å². The number of ether oxygens (including phenoxy) is 2. The van der Waals surface area contributed by atoms with Crippen LogP contribution in [0.25, 0.3) is 0 Å². The molecule has 2 unspecified atom stereocenters. The van der Waals surface area contributed by atoms with E-state index in [4.69, 9.17) is 9.47 Å². The molecule has 0 aromatic heterocycles. The third-order valence-corrected chi connectivity index (χ3v) is 13.7. The van der Waals surface area contributed by atoms with Gasteiger partial charge in [-0.05, 0) is 0 Å². The van der Waals surface area contributed by atoms with Crippen molar-refractivity contribution in [1.29, 1.82) is 0 Å². The van der Waals surface area contributed by atoms with E-state index >= 15 is 0 Å². The standard InChI is InChI=1S/2C19H31O.2ClH.Zr/c2*1-19(2,3)20-15-9-5-4-6-10-16-13-14-17-11-7-8-12-18(16)17;;;/h2*13-14H,4-12,15H2,1-3H3;2*1H;/q;;;;+2/p-2. The maximum Gasteiger partial charge on any atom is -1.00 e. The van der Waals surface area contributed by atoms with Gasteiger partial charge < -0.3 is 24.8 Å². The molecule has 0 aliphatic heterocycles. The first-order valence-corrected chi connectivity index (χ1v) is 20.3. The van der Waals surface area contributed by atoms with Gasteiger partial charge in [-0.25, -0.2) is 0 Å². The van der Waals surface area contributed by atoms with Crippen molar-refractivity contribution in [3.63, 3.8) is 0 Å². The Morgan fingerprint density at radius 1 is 0.558 bits per heavy atom. The summed E-state index contributed by atoms with van der Waals surface area (Å²) in [5.74, 6) is 0. The van der Waals surface area contributed by atoms with Crippen molar-refractivity contribution in [2.75, 3.05) is 13.2 Å². The van der Waals surface area contributed by atoms with Crippen molar-refractivity contribution >= 4 is 0 Å². The zero-order valence-corrected chi connectivity index (χ0v) is 32.5. The predicted molar refractivity (Wildman–Crippen MR) is 172 cm³/mol. The van der Waals surface area contributed by atoms with Crippen molar-refractivity contribution in [1.82, 2.24) is 0 Å². The molecule has 0 heterocycles. The van der Waals surface area contributed by atoms with Crippen LogP contribution in [-0.2, 0) is 32.7 Å². The molecule has 43 heavy (non-hydrogen) atoms. The average molecular weight is 713 g/mol. The molecule has 2 atom stereocenters. The molecule has 244 valence electrons. The van der Waals surface area contributed by atoms with Gasteiger partial charge in [-0.15, -0.1) is 0 Å². The van der Waals surface area contributed by atoms with Gasteiger partial charge in [0.1, 0.15) is 0 Å². The quantitative estimate of drug-likeness (QED) is 0.189. The zero-order chi connectivity index (χ0) is 29.3. The molecule has 4 aliphatic rings. The maximum absolute atomic E-state index is 5.93. The van der Waals surface area contributed by atoms with Gasteiger partial charge in [0.15, 0.2) is 0 Å². The van der Waals surface area contributed by atoms with Gasteiger partial charge in [-0.1, -0.05) is 0 Å². The number of allylic oxidation sites excluding steroid dienone is 8. The number of hydrogen-bond acceptors (Lipinski definition) is 2. The molecule has 2 nitrogen and oxygen atoms in total. The summed E-state index contributed by atoms with van der Waals surface area (Å²) in [6.45, 7) is 14.8. The summed E-state index contributed by atoms with van der Waals surface area (Å²) in [7, 11) is 0. The van der Waals surface area contributed by atoms with Crippen LogP contribution >= 0.6 is 0 Å². The smallest absolute Gasteiger partial charge is 1.00 e. The van der Waals surface area contributed by atoms with Crippen LogP contribution in [0.4, 0.5) is 0 Å². The average Bonchev–Trinajstić information content (AvgIpc) is 3.44. The van der Waals surface area contributed by atoms with Crippen LogP contribution in [0.2, 0.25) is 7.25 Å². The first-order valence-electron chi connectivity index (χ1n) is 17.5. The van der Waals surface area contributed by atoms with Gasteiger partial charge in [0.05, 0.1) is 0 Å². The fourth-order valence-corrected chi connectivity index (χ4v) is 12.3. The van der Waals surface area contributed by atoms with Crippen molar-refractivity contribution in [2.24, 2.45) is 0 Å². The normalized spacial score (nSPS) is 21.9. The number of rotatable bonds is 16. The molecule has 4 aliphatic carbocycles. The molecule has 0 N–H and O–H groups in total. The summed E-state index contributed by atoms with van der Waals surface area (Å²) < 4.78 is 13.6. The molecule has 0 aromatic carbocycles. The second-order valence-electron chi connectivity index (χ2n) is 15.2. The summed E-state index contributed by atoms with van der Waals surface area (Å²) in [6, 6.07) is 0. The Hall–Kier alpha value is 0.343. The van der Waals surface area contributed by atoms with Crippen LogP contribution in [0.1, 0.15) is 157 Å². The molecule has 4 rings (SSSR count). The molecule has 0 spiro atoms. The van der Waals surface area contributed by atoms with E-state index in [0.29, 0.717) is 0 Å². The van der Waals surface area contributed by atoms with E-state index < -0.39 is 23.2 Å². The first kappa shape index (κ1) is 39.5. The first-order chi connectivity index (χ1) is 19.6. The summed E-state index contributed by atoms with van der Waals surface area (Å²) in [6.07, 6.45) is 30.1. The summed E-state index contributed by atoms with van der Waals surface area (Å²) in [4.78, 5) is 0. The molecule has 0 bridgehead atoms. The molecule has 0 fully saturated rings. The van der Waals surface area contributed by atoms with Crippen molar-refractivity contribution in [2.45, 2.75) is 176 Å². The Morgan fingerprint density at radius 3 is 1.33 bits per heavy atom. The van der Waals surface area contributed by atoms with Crippen LogP contribution < -0.4 is 24.8 Å². The van der Waals surface area contributed by atoms with Crippen LogP contribution in [0.15, 0.2) is 45.6 Å². The Kier molecular flexibility index (Phi) is 17.7. The summed E-state index contributed by atoms with van der Waals surface area (Å²) in [5.41, 5.74) is 11.1. The second kappa shape index (κ2) is 19.2. The Bertz CT molecular complexity index is 901. The molecule has 0 aromatic rings. The van der Waals surface area contributed by atoms with Crippen LogP contribution in [0.5, 0.6) is 0 Å². The molecule has 0 saturated heterocycles. The molecule has 5 heteroatoms. The van der Waals surface area contributed by atoms with E-state index in [0.717, 1.165) is 20.5 Å². The van der Waals surface area contributed by atoms with E-state index in [9.17, 15) is 0 Å². The number of hydrogen-bond donors (Lipinski definition) is 0. The zero-order valence-electron chi connectivity index (χ0n) is 28.5. The fourth-order valence-electron chi connectivity index (χ4n) is 7.34. The maximum atomic E-state index is 5.93. The van der Waals surface area contributed by atoms with Crippen molar-refractivity contribution < 1.29 is 57.5 Å². The minimum absolute atomic E-state index is 0. The van der Waals surface area contributed by atoms with Crippen LogP contribution in [0, 0.1) is 0 Å². The molecule has 0 amide bonds. The molecule has 0 radical (unpaired) electrons. The van der Waals surface area contributed by atoms with Crippen LogP contribution in [0.3, 0.4) is 0 Å². The third-order valence-electron chi connectivity index (χ3n) is 9.39. The summed E-state index contributed by atoms with van der Waals surface area (Å²) in [5, 5.41) is 0. The Morgan fingerprint density at radius 2 is 0.930 bits per heavy atom. The van der Waals surface area contributed by atoms with Gasteiger partial charge in [0.25, 0.3) is 0 Å². The van der Waals surface area contributed by atoms with E-state index in [2.05, 4.69) is 53.7 Å². The third kappa shape index (κ3) is 13.2.